The van der Waals surface area contributed by atoms with Gasteiger partial charge in [0.1, 0.15) is 0 Å². The fourth-order valence-electron chi connectivity index (χ4n) is 3.43. The number of hydrogen-bond acceptors (Lipinski definition) is 4. The van der Waals surface area contributed by atoms with Crippen molar-refractivity contribution >= 4 is 19.2 Å². The maximum Gasteiger partial charge on any atom is 0.350 e. The predicted molar refractivity (Wildman–Crippen MR) is 93.3 cm³/mol. The molecule has 24 heavy (non-hydrogen) atoms. The lowest BCUT2D eigenvalue weighted by molar-refractivity contribution is -0.120. The van der Waals surface area contributed by atoms with Crippen molar-refractivity contribution in [3.8, 4) is 0 Å². The van der Waals surface area contributed by atoms with Crippen LogP contribution in [0, 0.1) is 0 Å². The van der Waals surface area contributed by atoms with Gasteiger partial charge in [0.25, 0.3) is 0 Å². The molecular formula is C18H20NO4P. The third kappa shape index (κ3) is 2.24. The number of rotatable bonds is 5. The molecule has 1 aliphatic rings. The highest BCUT2D eigenvalue weighted by molar-refractivity contribution is 7.56. The number of carbonyl (C=O) groups is 1. The lowest BCUT2D eigenvalue weighted by Gasteiger charge is -2.33. The lowest BCUT2D eigenvalue weighted by Crippen LogP contribution is -2.41. The number of nitrogens with zero attached hydrogens (tertiary/aromatic N) is 1. The number of para-hydroxylation sites is 1. The minimum Gasteiger partial charge on any atom is -0.314 e. The molecule has 1 atom stereocenters. The van der Waals surface area contributed by atoms with Crippen molar-refractivity contribution < 1.29 is 18.4 Å². The molecule has 0 N–H and O–H groups in total. The normalized spacial score (nSPS) is 20.3. The maximum atomic E-state index is 13.5. The molecule has 3 rings (SSSR count). The highest BCUT2D eigenvalue weighted by Crippen LogP contribution is 2.69. The van der Waals surface area contributed by atoms with Crippen LogP contribution in [0.15, 0.2) is 54.6 Å². The van der Waals surface area contributed by atoms with Crippen LogP contribution in [0.2, 0.25) is 0 Å². The molecule has 0 radical (unpaired) electrons. The van der Waals surface area contributed by atoms with Crippen molar-refractivity contribution in [3.05, 3.63) is 65.7 Å². The summed E-state index contributed by atoms with van der Waals surface area (Å²) in [6, 6.07) is 16.9. The van der Waals surface area contributed by atoms with Crippen LogP contribution in [-0.2, 0) is 30.0 Å². The number of benzene rings is 2. The van der Waals surface area contributed by atoms with E-state index in [9.17, 15) is 9.36 Å². The Morgan fingerprint density at radius 1 is 1.00 bits per heavy atom. The van der Waals surface area contributed by atoms with Crippen molar-refractivity contribution in [3.63, 3.8) is 0 Å². The second-order valence-corrected chi connectivity index (χ2v) is 8.26. The Morgan fingerprint density at radius 3 is 2.21 bits per heavy atom. The summed E-state index contributed by atoms with van der Waals surface area (Å²) < 4.78 is 24.1. The standard InChI is InChI=1S/C18H20NO4P/c1-19-16-12-8-7-11-15(16)18(17(19)20,24(21,22-2)23-3)13-14-9-5-4-6-10-14/h4-12H,13H2,1-3H3. The SMILES string of the molecule is COP(=O)(OC)C1(Cc2ccccc2)C(=O)N(C)c2ccccc21. The first-order chi connectivity index (χ1) is 11.5. The molecule has 1 unspecified atom stereocenters. The second-order valence-electron chi connectivity index (χ2n) is 5.77. The Balaban J connectivity index is 2.28. The Bertz CT molecular complexity index is 800. The summed E-state index contributed by atoms with van der Waals surface area (Å²) in [5, 5.41) is -1.39. The first kappa shape index (κ1) is 16.9. The molecule has 126 valence electrons. The monoisotopic (exact) mass is 345 g/mol. The van der Waals surface area contributed by atoms with E-state index in [0.717, 1.165) is 11.3 Å². The van der Waals surface area contributed by atoms with Gasteiger partial charge in [-0.05, 0) is 11.6 Å². The van der Waals surface area contributed by atoms with E-state index in [-0.39, 0.29) is 12.3 Å². The molecule has 0 aromatic heterocycles. The molecule has 1 amide bonds. The minimum absolute atomic E-state index is 0.243. The summed E-state index contributed by atoms with van der Waals surface area (Å²) in [4.78, 5) is 14.8. The molecule has 1 heterocycles. The molecule has 0 aliphatic carbocycles. The van der Waals surface area contributed by atoms with E-state index in [1.165, 1.54) is 19.1 Å². The zero-order valence-corrected chi connectivity index (χ0v) is 14.8. The maximum absolute atomic E-state index is 13.5. The van der Waals surface area contributed by atoms with Crippen molar-refractivity contribution in [1.82, 2.24) is 0 Å². The largest absolute Gasteiger partial charge is 0.350 e. The molecule has 0 bridgehead atoms. The van der Waals surface area contributed by atoms with Gasteiger partial charge in [-0.15, -0.1) is 0 Å². The zero-order valence-electron chi connectivity index (χ0n) is 13.9. The summed E-state index contributed by atoms with van der Waals surface area (Å²) in [5.41, 5.74) is 2.30. The van der Waals surface area contributed by atoms with Crippen LogP contribution in [0.5, 0.6) is 0 Å². The van der Waals surface area contributed by atoms with Gasteiger partial charge in [-0.3, -0.25) is 9.36 Å². The molecule has 5 nitrogen and oxygen atoms in total. The third-order valence-electron chi connectivity index (χ3n) is 4.62. The van der Waals surface area contributed by atoms with Gasteiger partial charge in [-0.2, -0.15) is 0 Å². The van der Waals surface area contributed by atoms with E-state index in [1.807, 2.05) is 54.6 Å². The first-order valence-corrected chi connectivity index (χ1v) is 9.17. The van der Waals surface area contributed by atoms with Gasteiger partial charge in [0, 0.05) is 38.9 Å². The molecule has 2 aromatic carbocycles. The number of anilines is 1. The van der Waals surface area contributed by atoms with Gasteiger partial charge in [-0.1, -0.05) is 48.5 Å². The summed E-state index contributed by atoms with van der Waals surface area (Å²) in [5.74, 6) is -0.278. The Morgan fingerprint density at radius 2 is 1.58 bits per heavy atom. The molecule has 6 heteroatoms. The van der Waals surface area contributed by atoms with E-state index in [1.54, 1.807) is 7.05 Å². The summed E-state index contributed by atoms with van der Waals surface area (Å²) >= 11 is 0. The third-order valence-corrected chi connectivity index (χ3v) is 7.11. The molecule has 2 aromatic rings. The van der Waals surface area contributed by atoms with E-state index >= 15 is 0 Å². The van der Waals surface area contributed by atoms with Crippen molar-refractivity contribution in [1.29, 1.82) is 0 Å². The van der Waals surface area contributed by atoms with Crippen molar-refractivity contribution in [2.45, 2.75) is 11.6 Å². The number of fused-ring (bicyclic) bond motifs is 1. The van der Waals surface area contributed by atoms with Crippen LogP contribution in [0.4, 0.5) is 5.69 Å². The van der Waals surface area contributed by atoms with Gasteiger partial charge in [0.15, 0.2) is 5.16 Å². The predicted octanol–water partition coefficient (Wildman–Crippen LogP) is 3.59. The van der Waals surface area contributed by atoms with E-state index in [0.29, 0.717) is 5.56 Å². The van der Waals surface area contributed by atoms with E-state index < -0.39 is 12.8 Å². The fourth-order valence-corrected chi connectivity index (χ4v) is 5.44. The van der Waals surface area contributed by atoms with Crippen LogP contribution in [0.1, 0.15) is 11.1 Å². The number of likely N-dealkylation sites (N-methyl/N-ethyl adjacent to an activating group) is 1. The van der Waals surface area contributed by atoms with Gasteiger partial charge in [0.2, 0.25) is 5.91 Å². The number of amides is 1. The van der Waals surface area contributed by atoms with Crippen LogP contribution in [0.25, 0.3) is 0 Å². The zero-order chi connectivity index (χ0) is 17.4. The number of hydrogen-bond donors (Lipinski definition) is 0. The highest BCUT2D eigenvalue weighted by Gasteiger charge is 2.63. The van der Waals surface area contributed by atoms with Gasteiger partial charge >= 0.3 is 7.60 Å². The fraction of sp³-hybridized carbons (Fsp3) is 0.278. The molecule has 0 saturated carbocycles. The topological polar surface area (TPSA) is 55.8 Å². The number of carbonyl (C=O) groups excluding carboxylic acids is 1. The van der Waals surface area contributed by atoms with E-state index in [2.05, 4.69) is 0 Å². The lowest BCUT2D eigenvalue weighted by atomic mass is 9.92. The Labute approximate surface area is 141 Å². The van der Waals surface area contributed by atoms with Gasteiger partial charge < -0.3 is 13.9 Å². The highest BCUT2D eigenvalue weighted by atomic mass is 31.2. The van der Waals surface area contributed by atoms with Crippen molar-refractivity contribution in [2.75, 3.05) is 26.2 Å². The van der Waals surface area contributed by atoms with Crippen LogP contribution in [-0.4, -0.2) is 27.2 Å². The average Bonchev–Trinajstić information content (AvgIpc) is 2.85. The first-order valence-electron chi connectivity index (χ1n) is 7.63. The second kappa shape index (κ2) is 6.17. The minimum atomic E-state index is -3.74. The quantitative estimate of drug-likeness (QED) is 0.777. The van der Waals surface area contributed by atoms with Gasteiger partial charge in [0.05, 0.1) is 0 Å². The molecule has 1 aliphatic heterocycles. The summed E-state index contributed by atoms with van der Waals surface area (Å²) in [7, 11) is 0.591. The van der Waals surface area contributed by atoms with Crippen LogP contribution in [0.3, 0.4) is 0 Å². The Kier molecular flexibility index (Phi) is 4.35. The Hall–Kier alpha value is -1.94. The van der Waals surface area contributed by atoms with Crippen LogP contribution < -0.4 is 4.90 Å². The summed E-state index contributed by atoms with van der Waals surface area (Å²) in [6.45, 7) is 0. The molecule has 0 saturated heterocycles. The summed E-state index contributed by atoms with van der Waals surface area (Å²) in [6.07, 6.45) is 0.243. The van der Waals surface area contributed by atoms with Crippen LogP contribution >= 0.6 is 7.60 Å². The molecule has 0 spiro atoms. The molecular weight excluding hydrogens is 325 g/mol. The smallest absolute Gasteiger partial charge is 0.314 e. The van der Waals surface area contributed by atoms with Crippen molar-refractivity contribution in [2.24, 2.45) is 0 Å². The average molecular weight is 345 g/mol. The van der Waals surface area contributed by atoms with E-state index in [4.69, 9.17) is 9.05 Å². The van der Waals surface area contributed by atoms with Gasteiger partial charge in [-0.25, -0.2) is 0 Å². The molecule has 0 fully saturated rings.